The van der Waals surface area contributed by atoms with Gasteiger partial charge < -0.3 is 10.6 Å². The van der Waals surface area contributed by atoms with Crippen LogP contribution in [-0.2, 0) is 0 Å². The minimum Gasteiger partial charge on any atom is -0.370 e. The molecule has 6 heteroatoms. The SMILES string of the molecule is CCCCCNc1ccnc(Nc2ccc(F)c(F)c2)n1. The molecule has 112 valence electrons. The quantitative estimate of drug-likeness (QED) is 0.754. The Morgan fingerprint density at radius 3 is 2.71 bits per heavy atom. The average molecular weight is 292 g/mol. The number of hydrogen-bond acceptors (Lipinski definition) is 4. The molecule has 0 atom stereocenters. The molecule has 1 aromatic carbocycles. The van der Waals surface area contributed by atoms with Crippen molar-refractivity contribution in [3.63, 3.8) is 0 Å². The number of nitrogens with zero attached hydrogens (tertiary/aromatic N) is 2. The highest BCUT2D eigenvalue weighted by atomic mass is 19.2. The predicted octanol–water partition coefficient (Wildman–Crippen LogP) is 4.10. The maximum Gasteiger partial charge on any atom is 0.229 e. The Balaban J connectivity index is 1.98. The van der Waals surface area contributed by atoms with Crippen LogP contribution in [0, 0.1) is 11.6 Å². The van der Waals surface area contributed by atoms with E-state index in [4.69, 9.17) is 0 Å². The first-order valence-corrected chi connectivity index (χ1v) is 6.98. The van der Waals surface area contributed by atoms with Gasteiger partial charge in [-0.3, -0.25) is 0 Å². The van der Waals surface area contributed by atoms with Gasteiger partial charge in [0, 0.05) is 24.5 Å². The summed E-state index contributed by atoms with van der Waals surface area (Å²) < 4.78 is 26.0. The molecular formula is C15H18F2N4. The monoisotopic (exact) mass is 292 g/mol. The van der Waals surface area contributed by atoms with Crippen LogP contribution in [0.1, 0.15) is 26.2 Å². The van der Waals surface area contributed by atoms with E-state index in [0.717, 1.165) is 37.9 Å². The third-order valence-corrected chi connectivity index (χ3v) is 2.92. The summed E-state index contributed by atoms with van der Waals surface area (Å²) in [5.41, 5.74) is 0.400. The van der Waals surface area contributed by atoms with Gasteiger partial charge in [0.2, 0.25) is 5.95 Å². The molecule has 0 spiro atoms. The summed E-state index contributed by atoms with van der Waals surface area (Å²) in [4.78, 5) is 8.32. The second-order valence-corrected chi connectivity index (χ2v) is 4.65. The van der Waals surface area contributed by atoms with Crippen molar-refractivity contribution in [3.8, 4) is 0 Å². The number of unbranched alkanes of at least 4 members (excludes halogenated alkanes) is 2. The van der Waals surface area contributed by atoms with Crippen LogP contribution in [0.2, 0.25) is 0 Å². The van der Waals surface area contributed by atoms with Crippen molar-refractivity contribution in [3.05, 3.63) is 42.1 Å². The predicted molar refractivity (Wildman–Crippen MR) is 79.7 cm³/mol. The van der Waals surface area contributed by atoms with Gasteiger partial charge in [-0.1, -0.05) is 19.8 Å². The Morgan fingerprint density at radius 2 is 1.95 bits per heavy atom. The normalized spacial score (nSPS) is 10.4. The summed E-state index contributed by atoms with van der Waals surface area (Å²) in [6.45, 7) is 2.99. The van der Waals surface area contributed by atoms with Crippen LogP contribution < -0.4 is 10.6 Å². The molecule has 2 aromatic rings. The van der Waals surface area contributed by atoms with Crippen molar-refractivity contribution >= 4 is 17.5 Å². The molecule has 0 saturated heterocycles. The van der Waals surface area contributed by atoms with Crippen LogP contribution in [0.4, 0.5) is 26.2 Å². The highest BCUT2D eigenvalue weighted by molar-refractivity contribution is 5.54. The lowest BCUT2D eigenvalue weighted by molar-refractivity contribution is 0.509. The largest absolute Gasteiger partial charge is 0.370 e. The standard InChI is InChI=1S/C15H18F2N4/c1-2-3-4-8-18-14-7-9-19-15(21-14)20-11-5-6-12(16)13(17)10-11/h5-7,9-10H,2-4,8H2,1H3,(H2,18,19,20,21). The molecule has 0 aliphatic heterocycles. The average Bonchev–Trinajstić information content (AvgIpc) is 2.48. The van der Waals surface area contributed by atoms with E-state index in [1.165, 1.54) is 6.07 Å². The second-order valence-electron chi connectivity index (χ2n) is 4.65. The first kappa shape index (κ1) is 15.2. The van der Waals surface area contributed by atoms with Crippen molar-refractivity contribution < 1.29 is 8.78 Å². The van der Waals surface area contributed by atoms with Crippen molar-refractivity contribution in [1.82, 2.24) is 9.97 Å². The molecule has 1 heterocycles. The van der Waals surface area contributed by atoms with Crippen molar-refractivity contribution in [2.45, 2.75) is 26.2 Å². The highest BCUT2D eigenvalue weighted by Gasteiger charge is 2.04. The van der Waals surface area contributed by atoms with Gasteiger partial charge in [0.25, 0.3) is 0 Å². The Labute approximate surface area is 122 Å². The fraction of sp³-hybridized carbons (Fsp3) is 0.333. The van der Waals surface area contributed by atoms with Gasteiger partial charge in [-0.2, -0.15) is 4.98 Å². The Kier molecular flexibility index (Phi) is 5.43. The first-order chi connectivity index (χ1) is 10.2. The Hall–Kier alpha value is -2.24. The third-order valence-electron chi connectivity index (χ3n) is 2.92. The summed E-state index contributed by atoms with van der Waals surface area (Å²) in [7, 11) is 0. The van der Waals surface area contributed by atoms with Crippen LogP contribution in [-0.4, -0.2) is 16.5 Å². The van der Waals surface area contributed by atoms with Gasteiger partial charge >= 0.3 is 0 Å². The van der Waals surface area contributed by atoms with E-state index in [2.05, 4.69) is 27.5 Å². The fourth-order valence-electron chi connectivity index (χ4n) is 1.81. The molecule has 1 aromatic heterocycles. The van der Waals surface area contributed by atoms with E-state index in [1.54, 1.807) is 12.3 Å². The van der Waals surface area contributed by atoms with Gasteiger partial charge in [-0.25, -0.2) is 13.8 Å². The highest BCUT2D eigenvalue weighted by Crippen LogP contribution is 2.17. The lowest BCUT2D eigenvalue weighted by Gasteiger charge is -2.08. The minimum absolute atomic E-state index is 0.335. The summed E-state index contributed by atoms with van der Waals surface area (Å²) in [6, 6.07) is 5.33. The molecule has 0 aliphatic carbocycles. The molecule has 4 nitrogen and oxygen atoms in total. The molecular weight excluding hydrogens is 274 g/mol. The van der Waals surface area contributed by atoms with Gasteiger partial charge in [-0.05, 0) is 24.6 Å². The zero-order chi connectivity index (χ0) is 15.1. The molecule has 0 unspecified atom stereocenters. The number of hydrogen-bond donors (Lipinski definition) is 2. The lowest BCUT2D eigenvalue weighted by Crippen LogP contribution is -2.05. The molecule has 0 fully saturated rings. The van der Waals surface area contributed by atoms with E-state index in [1.807, 2.05) is 0 Å². The smallest absolute Gasteiger partial charge is 0.229 e. The van der Waals surface area contributed by atoms with Crippen LogP contribution >= 0.6 is 0 Å². The van der Waals surface area contributed by atoms with E-state index >= 15 is 0 Å². The number of benzene rings is 1. The summed E-state index contributed by atoms with van der Waals surface area (Å²) in [5, 5.41) is 6.05. The first-order valence-electron chi connectivity index (χ1n) is 6.98. The van der Waals surface area contributed by atoms with Gasteiger partial charge in [0.15, 0.2) is 11.6 Å². The maximum atomic E-state index is 13.1. The lowest BCUT2D eigenvalue weighted by atomic mass is 10.2. The molecule has 2 rings (SSSR count). The summed E-state index contributed by atoms with van der Waals surface area (Å²) >= 11 is 0. The van der Waals surface area contributed by atoms with Crippen LogP contribution in [0.15, 0.2) is 30.5 Å². The van der Waals surface area contributed by atoms with Crippen molar-refractivity contribution in [2.24, 2.45) is 0 Å². The molecule has 21 heavy (non-hydrogen) atoms. The number of aromatic nitrogens is 2. The Bertz CT molecular complexity index is 590. The minimum atomic E-state index is -0.908. The van der Waals surface area contributed by atoms with Gasteiger partial charge in [0.1, 0.15) is 5.82 Å². The van der Waals surface area contributed by atoms with Crippen molar-refractivity contribution in [2.75, 3.05) is 17.2 Å². The zero-order valence-corrected chi connectivity index (χ0v) is 11.9. The zero-order valence-electron chi connectivity index (χ0n) is 11.9. The van der Waals surface area contributed by atoms with Crippen LogP contribution in [0.25, 0.3) is 0 Å². The van der Waals surface area contributed by atoms with Gasteiger partial charge in [-0.15, -0.1) is 0 Å². The van der Waals surface area contributed by atoms with Crippen LogP contribution in [0.5, 0.6) is 0 Å². The number of anilines is 3. The van der Waals surface area contributed by atoms with E-state index in [0.29, 0.717) is 17.5 Å². The summed E-state index contributed by atoms with van der Waals surface area (Å²) in [6.07, 6.45) is 5.01. The molecule has 0 aliphatic rings. The fourth-order valence-corrected chi connectivity index (χ4v) is 1.81. The topological polar surface area (TPSA) is 49.8 Å². The van der Waals surface area contributed by atoms with Crippen LogP contribution in [0.3, 0.4) is 0 Å². The molecule has 2 N–H and O–H groups in total. The van der Waals surface area contributed by atoms with Crippen molar-refractivity contribution in [1.29, 1.82) is 0 Å². The van der Waals surface area contributed by atoms with Gasteiger partial charge in [0.05, 0.1) is 0 Å². The maximum absolute atomic E-state index is 13.1. The molecule has 0 radical (unpaired) electrons. The molecule has 0 amide bonds. The Morgan fingerprint density at radius 1 is 1.10 bits per heavy atom. The van der Waals surface area contributed by atoms with E-state index in [9.17, 15) is 8.78 Å². The van der Waals surface area contributed by atoms with E-state index < -0.39 is 11.6 Å². The third kappa shape index (κ3) is 4.66. The number of nitrogens with one attached hydrogen (secondary N) is 2. The van der Waals surface area contributed by atoms with E-state index in [-0.39, 0.29) is 0 Å². The molecule has 0 bridgehead atoms. The molecule has 0 saturated carbocycles. The summed E-state index contributed by atoms with van der Waals surface area (Å²) in [5.74, 6) is -0.755. The second kappa shape index (κ2) is 7.52. The number of rotatable bonds is 7. The number of halogens is 2.